The van der Waals surface area contributed by atoms with Crippen LogP contribution in [-0.4, -0.2) is 36.6 Å². The van der Waals surface area contributed by atoms with Gasteiger partial charge in [-0.2, -0.15) is 0 Å². The van der Waals surface area contributed by atoms with Crippen LogP contribution < -0.4 is 5.32 Å². The standard InChI is InChI=1S/C17H28N2/c1-3-16(4-2)18-17-11-13-19(14-17)12-10-15-8-6-5-7-9-15/h5-9,16-18H,3-4,10-14H2,1-2H3. The van der Waals surface area contributed by atoms with Gasteiger partial charge in [-0.25, -0.2) is 0 Å². The first kappa shape index (κ1) is 14.5. The fourth-order valence-corrected chi connectivity index (χ4v) is 2.96. The summed E-state index contributed by atoms with van der Waals surface area (Å²) in [6.07, 6.45) is 4.98. The van der Waals surface area contributed by atoms with Crippen molar-refractivity contribution in [3.63, 3.8) is 0 Å². The molecule has 0 radical (unpaired) electrons. The maximum atomic E-state index is 3.80. The van der Waals surface area contributed by atoms with Crippen LogP contribution in [0, 0.1) is 0 Å². The first-order valence-corrected chi connectivity index (χ1v) is 7.84. The van der Waals surface area contributed by atoms with Crippen molar-refractivity contribution >= 4 is 0 Å². The third kappa shape index (κ3) is 4.63. The molecule has 1 aliphatic rings. The largest absolute Gasteiger partial charge is 0.310 e. The lowest BCUT2D eigenvalue weighted by Gasteiger charge is -2.21. The Bertz CT molecular complexity index is 346. The molecule has 0 bridgehead atoms. The van der Waals surface area contributed by atoms with Crippen LogP contribution in [0.4, 0.5) is 0 Å². The van der Waals surface area contributed by atoms with Gasteiger partial charge in [0.25, 0.3) is 0 Å². The minimum absolute atomic E-state index is 0.707. The highest BCUT2D eigenvalue weighted by Crippen LogP contribution is 2.12. The van der Waals surface area contributed by atoms with E-state index in [0.29, 0.717) is 12.1 Å². The molecule has 1 atom stereocenters. The molecule has 1 aromatic carbocycles. The fraction of sp³-hybridized carbons (Fsp3) is 0.647. The van der Waals surface area contributed by atoms with Gasteiger partial charge in [-0.3, -0.25) is 0 Å². The SMILES string of the molecule is CCC(CC)NC1CCN(CCc2ccccc2)C1. The van der Waals surface area contributed by atoms with E-state index in [0.717, 1.165) is 0 Å². The summed E-state index contributed by atoms with van der Waals surface area (Å²) in [6, 6.07) is 12.2. The Kier molecular flexibility index (Phi) is 5.87. The quantitative estimate of drug-likeness (QED) is 0.810. The fourth-order valence-electron chi connectivity index (χ4n) is 2.96. The third-order valence-corrected chi connectivity index (χ3v) is 4.29. The van der Waals surface area contributed by atoms with Crippen molar-refractivity contribution in [2.45, 2.75) is 51.6 Å². The van der Waals surface area contributed by atoms with Gasteiger partial charge in [0.05, 0.1) is 0 Å². The highest BCUT2D eigenvalue weighted by Gasteiger charge is 2.23. The first-order valence-electron chi connectivity index (χ1n) is 7.84. The minimum atomic E-state index is 0.707. The molecule has 1 heterocycles. The van der Waals surface area contributed by atoms with Crippen LogP contribution in [0.2, 0.25) is 0 Å². The van der Waals surface area contributed by atoms with E-state index in [1.807, 2.05) is 0 Å². The van der Waals surface area contributed by atoms with Gasteiger partial charge in [0.1, 0.15) is 0 Å². The normalized spacial score (nSPS) is 20.3. The van der Waals surface area contributed by atoms with Crippen molar-refractivity contribution in [3.8, 4) is 0 Å². The van der Waals surface area contributed by atoms with Crippen LogP contribution >= 0.6 is 0 Å². The number of benzene rings is 1. The Labute approximate surface area is 118 Å². The van der Waals surface area contributed by atoms with Crippen molar-refractivity contribution in [2.75, 3.05) is 19.6 Å². The van der Waals surface area contributed by atoms with E-state index in [2.05, 4.69) is 54.4 Å². The van der Waals surface area contributed by atoms with Crippen LogP contribution in [0.1, 0.15) is 38.7 Å². The zero-order valence-corrected chi connectivity index (χ0v) is 12.4. The molecule has 1 N–H and O–H groups in total. The molecule has 2 rings (SSSR count). The number of rotatable bonds is 7. The molecule has 19 heavy (non-hydrogen) atoms. The van der Waals surface area contributed by atoms with Gasteiger partial charge in [0.2, 0.25) is 0 Å². The second-order valence-electron chi connectivity index (χ2n) is 5.70. The van der Waals surface area contributed by atoms with Crippen LogP contribution in [0.25, 0.3) is 0 Å². The molecule has 0 aliphatic carbocycles. The topological polar surface area (TPSA) is 15.3 Å². The zero-order chi connectivity index (χ0) is 13.5. The molecular formula is C17H28N2. The molecule has 1 aromatic rings. The van der Waals surface area contributed by atoms with Gasteiger partial charge < -0.3 is 10.2 Å². The monoisotopic (exact) mass is 260 g/mol. The molecule has 0 aromatic heterocycles. The van der Waals surface area contributed by atoms with E-state index >= 15 is 0 Å². The van der Waals surface area contributed by atoms with E-state index in [9.17, 15) is 0 Å². The van der Waals surface area contributed by atoms with Crippen molar-refractivity contribution in [1.29, 1.82) is 0 Å². The third-order valence-electron chi connectivity index (χ3n) is 4.29. The Morgan fingerprint density at radius 3 is 2.63 bits per heavy atom. The lowest BCUT2D eigenvalue weighted by Crippen LogP contribution is -2.39. The summed E-state index contributed by atoms with van der Waals surface area (Å²) in [5.74, 6) is 0. The summed E-state index contributed by atoms with van der Waals surface area (Å²) < 4.78 is 0. The highest BCUT2D eigenvalue weighted by molar-refractivity contribution is 5.14. The number of nitrogens with zero attached hydrogens (tertiary/aromatic N) is 1. The Morgan fingerprint density at radius 1 is 1.21 bits per heavy atom. The summed E-state index contributed by atoms with van der Waals surface area (Å²) in [7, 11) is 0. The molecular weight excluding hydrogens is 232 g/mol. The predicted molar refractivity (Wildman–Crippen MR) is 82.5 cm³/mol. The molecule has 0 spiro atoms. The lowest BCUT2D eigenvalue weighted by molar-refractivity contribution is 0.322. The van der Waals surface area contributed by atoms with E-state index in [1.54, 1.807) is 0 Å². The van der Waals surface area contributed by atoms with E-state index in [1.165, 1.54) is 50.9 Å². The Morgan fingerprint density at radius 2 is 1.95 bits per heavy atom. The van der Waals surface area contributed by atoms with Crippen LogP contribution in [-0.2, 0) is 6.42 Å². The maximum absolute atomic E-state index is 3.80. The molecule has 106 valence electrons. The van der Waals surface area contributed by atoms with E-state index < -0.39 is 0 Å². The van der Waals surface area contributed by atoms with Gasteiger partial charge in [0.15, 0.2) is 0 Å². The average Bonchev–Trinajstić information content (AvgIpc) is 2.91. The molecule has 1 fully saturated rings. The molecule has 1 saturated heterocycles. The maximum Gasteiger partial charge on any atom is 0.0209 e. The Hall–Kier alpha value is -0.860. The highest BCUT2D eigenvalue weighted by atomic mass is 15.2. The van der Waals surface area contributed by atoms with Crippen molar-refractivity contribution in [2.24, 2.45) is 0 Å². The van der Waals surface area contributed by atoms with Gasteiger partial charge >= 0.3 is 0 Å². The van der Waals surface area contributed by atoms with E-state index in [4.69, 9.17) is 0 Å². The number of nitrogens with one attached hydrogen (secondary N) is 1. The van der Waals surface area contributed by atoms with E-state index in [-0.39, 0.29) is 0 Å². The van der Waals surface area contributed by atoms with Crippen molar-refractivity contribution in [1.82, 2.24) is 10.2 Å². The van der Waals surface area contributed by atoms with Crippen molar-refractivity contribution in [3.05, 3.63) is 35.9 Å². The van der Waals surface area contributed by atoms with Crippen LogP contribution in [0.3, 0.4) is 0 Å². The second kappa shape index (κ2) is 7.66. The molecule has 0 saturated carbocycles. The molecule has 1 aliphatic heterocycles. The molecule has 2 heteroatoms. The van der Waals surface area contributed by atoms with Crippen LogP contribution in [0.15, 0.2) is 30.3 Å². The average molecular weight is 260 g/mol. The first-order chi connectivity index (χ1) is 9.31. The smallest absolute Gasteiger partial charge is 0.0209 e. The molecule has 1 unspecified atom stereocenters. The minimum Gasteiger partial charge on any atom is -0.310 e. The van der Waals surface area contributed by atoms with Crippen LogP contribution in [0.5, 0.6) is 0 Å². The summed E-state index contributed by atoms with van der Waals surface area (Å²) in [5.41, 5.74) is 1.46. The number of hydrogen-bond acceptors (Lipinski definition) is 2. The lowest BCUT2D eigenvalue weighted by atomic mass is 10.1. The molecule has 0 amide bonds. The summed E-state index contributed by atoms with van der Waals surface area (Å²) in [4.78, 5) is 2.60. The number of likely N-dealkylation sites (tertiary alicyclic amines) is 1. The van der Waals surface area contributed by atoms with Gasteiger partial charge in [-0.15, -0.1) is 0 Å². The summed E-state index contributed by atoms with van der Waals surface area (Å²) in [6.45, 7) is 8.24. The van der Waals surface area contributed by atoms with Crippen molar-refractivity contribution < 1.29 is 0 Å². The second-order valence-corrected chi connectivity index (χ2v) is 5.70. The van der Waals surface area contributed by atoms with Gasteiger partial charge in [-0.05, 0) is 37.8 Å². The summed E-state index contributed by atoms with van der Waals surface area (Å²) >= 11 is 0. The summed E-state index contributed by atoms with van der Waals surface area (Å²) in [5, 5.41) is 3.80. The molecule has 2 nitrogen and oxygen atoms in total. The van der Waals surface area contributed by atoms with Gasteiger partial charge in [-0.1, -0.05) is 44.2 Å². The predicted octanol–water partition coefficient (Wildman–Crippen LogP) is 3.08. The Balaban J connectivity index is 1.70. The number of hydrogen-bond donors (Lipinski definition) is 1. The van der Waals surface area contributed by atoms with Gasteiger partial charge in [0, 0.05) is 25.2 Å². The zero-order valence-electron chi connectivity index (χ0n) is 12.4.